The van der Waals surface area contributed by atoms with Gasteiger partial charge in [-0.1, -0.05) is 74.5 Å². The van der Waals surface area contributed by atoms with Gasteiger partial charge in [0.05, 0.1) is 39.3 Å². The fourth-order valence-corrected chi connectivity index (χ4v) is 10.9. The Bertz CT molecular complexity index is 2940. The van der Waals surface area contributed by atoms with E-state index in [1.165, 1.54) is 22.3 Å². The van der Waals surface area contributed by atoms with Crippen LogP contribution in [0, 0.1) is 0 Å². The van der Waals surface area contributed by atoms with Crippen molar-refractivity contribution in [1.29, 1.82) is 0 Å². The van der Waals surface area contributed by atoms with Crippen LogP contribution < -0.4 is 37.9 Å². The topological polar surface area (TPSA) is 174 Å². The van der Waals surface area contributed by atoms with Gasteiger partial charge in [-0.15, -0.1) is 0 Å². The molecule has 8 rings (SSSR count). The summed E-state index contributed by atoms with van der Waals surface area (Å²) < 4.78 is 94.6. The lowest BCUT2D eigenvalue weighted by atomic mass is 9.66. The molecule has 82 heavy (non-hydrogen) atoms. The predicted octanol–water partition coefficient (Wildman–Crippen LogP) is 11.7. The first-order valence-corrected chi connectivity index (χ1v) is 29.7. The number of aliphatic hydroxyl groups is 1. The predicted molar refractivity (Wildman–Crippen MR) is 314 cm³/mol. The Morgan fingerprint density at radius 1 is 0.463 bits per heavy atom. The summed E-state index contributed by atoms with van der Waals surface area (Å²) in [5.41, 5.74) is 6.47. The highest BCUT2D eigenvalue weighted by Crippen LogP contribution is 2.51. The van der Waals surface area contributed by atoms with Gasteiger partial charge >= 0.3 is 0 Å². The normalized spacial score (nSPS) is 18.1. The maximum absolute atomic E-state index is 11.1. The van der Waals surface area contributed by atoms with Gasteiger partial charge in [0.2, 0.25) is 0 Å². The lowest BCUT2D eigenvalue weighted by Crippen LogP contribution is -2.40. The summed E-state index contributed by atoms with van der Waals surface area (Å²) in [6, 6.07) is 44.5. The Morgan fingerprint density at radius 2 is 0.817 bits per heavy atom. The van der Waals surface area contributed by atoms with E-state index in [-0.39, 0.29) is 63.1 Å². The number of ether oxygens (including phenoxy) is 12. The van der Waals surface area contributed by atoms with Crippen molar-refractivity contribution >= 4 is 10.1 Å². The van der Waals surface area contributed by atoms with E-state index >= 15 is 0 Å². The smallest absolute Gasteiger partial charge is 0.264 e. The van der Waals surface area contributed by atoms with Crippen molar-refractivity contribution in [3.8, 4) is 46.0 Å². The molecule has 0 radical (unpaired) electrons. The molecule has 4 atom stereocenters. The van der Waals surface area contributed by atoms with Gasteiger partial charge < -0.3 is 61.9 Å². The van der Waals surface area contributed by atoms with E-state index in [9.17, 15) is 8.42 Å². The largest absolute Gasteiger partial charge is 0.494 e. The Hall–Kier alpha value is -6.57. The molecule has 1 N–H and O–H groups in total. The SMILES string of the molecule is COCOc1ccc(C2(C)COc3cc(OCOC)ccc3C2CCCOc2ccc(CCCO)cc2)cc1.COCOc1ccc(C2(C)COc3cc(OCOC)ccc3C2CCCOc2ccc(CCCOS(C)(=O)=O)cc2)cc1. The number of rotatable bonds is 32. The highest BCUT2D eigenvalue weighted by Gasteiger charge is 2.44. The molecule has 16 nitrogen and oxygen atoms in total. The zero-order valence-electron chi connectivity index (χ0n) is 48.6. The van der Waals surface area contributed by atoms with Crippen LogP contribution in [0.3, 0.4) is 0 Å². The van der Waals surface area contributed by atoms with Crippen LogP contribution >= 0.6 is 0 Å². The zero-order valence-corrected chi connectivity index (χ0v) is 49.4. The van der Waals surface area contributed by atoms with Crippen molar-refractivity contribution in [3.05, 3.63) is 167 Å². The molecule has 2 aliphatic rings. The molecule has 6 aromatic carbocycles. The zero-order chi connectivity index (χ0) is 58.2. The molecule has 0 spiro atoms. The molecule has 0 bridgehead atoms. The van der Waals surface area contributed by atoms with Gasteiger partial charge in [-0.05, 0) is 145 Å². The summed E-state index contributed by atoms with van der Waals surface area (Å²) in [5, 5.41) is 9.04. The standard InChI is InChI=1S/C33H42O9S.C32H40O7/c1-33(26-11-15-28(16-12-26)40-23-36-2)22-39-32-21-29(41-24-37-3)17-18-30(32)31(33)8-6-19-38-27-13-9-25(10-14-27)7-5-20-42-43(4,34)35;1-32(25-10-14-27(15-11-25)38-22-34-2)21-37-31-20-28(39-23-35-3)16-17-29(31)30(32)7-5-19-36-26-12-8-24(9-13-26)6-4-18-33/h9-18,21,31H,5-8,19-20,22-24H2,1-4H3;8-17,20,30,33H,4-7,18-19,21-23H2,1-3H3. The molecule has 2 aliphatic heterocycles. The fourth-order valence-electron chi connectivity index (χ4n) is 10.5. The molecule has 0 amide bonds. The third kappa shape index (κ3) is 18.2. The van der Waals surface area contributed by atoms with Gasteiger partial charge in [-0.2, -0.15) is 8.42 Å². The first-order chi connectivity index (χ1) is 39.8. The highest BCUT2D eigenvalue weighted by molar-refractivity contribution is 7.85. The second kappa shape index (κ2) is 31.7. The first-order valence-electron chi connectivity index (χ1n) is 27.9. The van der Waals surface area contributed by atoms with Crippen LogP contribution in [0.2, 0.25) is 0 Å². The number of benzene rings is 6. The Morgan fingerprint density at radius 3 is 1.20 bits per heavy atom. The second-order valence-electron chi connectivity index (χ2n) is 20.9. The molecule has 444 valence electrons. The van der Waals surface area contributed by atoms with Crippen LogP contribution in [0.5, 0.6) is 46.0 Å². The molecule has 0 saturated heterocycles. The van der Waals surface area contributed by atoms with Crippen LogP contribution in [0.25, 0.3) is 0 Å². The molecule has 6 aromatic rings. The number of hydrogen-bond acceptors (Lipinski definition) is 16. The summed E-state index contributed by atoms with van der Waals surface area (Å²) in [7, 11) is 3.01. The van der Waals surface area contributed by atoms with E-state index in [0.717, 1.165) is 103 Å². The molecule has 2 heterocycles. The average Bonchev–Trinajstić information content (AvgIpc) is 3.43. The number of methoxy groups -OCH3 is 4. The van der Waals surface area contributed by atoms with Crippen molar-refractivity contribution in [3.63, 3.8) is 0 Å². The van der Waals surface area contributed by atoms with Gasteiger partial charge in [0.25, 0.3) is 10.1 Å². The van der Waals surface area contributed by atoms with Crippen LogP contribution in [0.1, 0.15) is 97.6 Å². The maximum atomic E-state index is 11.1. The molecule has 4 unspecified atom stereocenters. The van der Waals surface area contributed by atoms with Crippen LogP contribution in [0.15, 0.2) is 133 Å². The molecular formula is C65H82O16S. The van der Waals surface area contributed by atoms with Crippen LogP contribution in [-0.4, -0.2) is 115 Å². The van der Waals surface area contributed by atoms with Gasteiger partial charge in [-0.25, -0.2) is 0 Å². The van der Waals surface area contributed by atoms with Crippen molar-refractivity contribution in [2.75, 3.05) is 102 Å². The lowest BCUT2D eigenvalue weighted by molar-refractivity contribution is 0.0504. The Labute approximate surface area is 484 Å². The minimum Gasteiger partial charge on any atom is -0.494 e. The molecule has 0 aromatic heterocycles. The van der Waals surface area contributed by atoms with E-state index in [2.05, 4.69) is 62.4 Å². The third-order valence-electron chi connectivity index (χ3n) is 14.9. The van der Waals surface area contributed by atoms with E-state index in [1.54, 1.807) is 28.4 Å². The average molecular weight is 1150 g/mol. The van der Waals surface area contributed by atoms with E-state index in [0.29, 0.717) is 38.6 Å². The maximum Gasteiger partial charge on any atom is 0.264 e. The van der Waals surface area contributed by atoms with Gasteiger partial charge in [0.1, 0.15) is 46.0 Å². The van der Waals surface area contributed by atoms with E-state index < -0.39 is 10.1 Å². The second-order valence-corrected chi connectivity index (χ2v) is 22.5. The van der Waals surface area contributed by atoms with E-state index in [4.69, 9.17) is 66.1 Å². The minimum atomic E-state index is -3.40. The quantitative estimate of drug-likeness (QED) is 0.0240. The molecule has 0 aliphatic carbocycles. The molecule has 0 fully saturated rings. The van der Waals surface area contributed by atoms with Crippen molar-refractivity contribution < 1.29 is 74.5 Å². The van der Waals surface area contributed by atoms with Crippen molar-refractivity contribution in [2.24, 2.45) is 0 Å². The number of aryl methyl sites for hydroxylation is 2. The Balaban J connectivity index is 0.000000237. The number of aliphatic hydroxyl groups excluding tert-OH is 1. The fraction of sp³-hybridized carbons (Fsp3) is 0.446. The van der Waals surface area contributed by atoms with Gasteiger partial charge in [0.15, 0.2) is 27.2 Å². The molecular weight excluding hydrogens is 1070 g/mol. The third-order valence-corrected chi connectivity index (χ3v) is 15.5. The van der Waals surface area contributed by atoms with Gasteiger partial charge in [0, 0.05) is 69.8 Å². The Kier molecular flexibility index (Phi) is 24.4. The number of hydrogen-bond donors (Lipinski definition) is 1. The molecule has 0 saturated carbocycles. The van der Waals surface area contributed by atoms with Crippen molar-refractivity contribution in [2.45, 2.75) is 87.9 Å². The molecule has 17 heteroatoms. The summed E-state index contributed by atoms with van der Waals surface area (Å²) in [4.78, 5) is 0. The highest BCUT2D eigenvalue weighted by atomic mass is 32.2. The van der Waals surface area contributed by atoms with E-state index in [1.807, 2.05) is 84.9 Å². The summed E-state index contributed by atoms with van der Waals surface area (Å²) >= 11 is 0. The number of fused-ring (bicyclic) bond motifs is 2. The lowest BCUT2D eigenvalue weighted by Gasteiger charge is -2.43. The monoisotopic (exact) mass is 1150 g/mol. The summed E-state index contributed by atoms with van der Waals surface area (Å²) in [6.07, 6.45) is 7.63. The summed E-state index contributed by atoms with van der Waals surface area (Å²) in [5.74, 6) is 6.70. The van der Waals surface area contributed by atoms with Crippen LogP contribution in [-0.2, 0) is 56.9 Å². The van der Waals surface area contributed by atoms with Crippen molar-refractivity contribution in [1.82, 2.24) is 0 Å². The summed E-state index contributed by atoms with van der Waals surface area (Å²) in [6.45, 7) is 7.96. The minimum absolute atomic E-state index is 0.174. The first kappa shape index (κ1) is 63.0. The van der Waals surface area contributed by atoms with Gasteiger partial charge in [-0.3, -0.25) is 4.18 Å². The van der Waals surface area contributed by atoms with Crippen LogP contribution in [0.4, 0.5) is 0 Å².